The zero-order valence-electron chi connectivity index (χ0n) is 13.6. The standard InChI is InChI=1S/C17H15F4N3O2/c1-9-7-10(18)5-6-11(9)12-3-2-4-14(26-17(19,20)21)13(12)8-15(25)24-16(22)23/h2-7H,8H2,1H3,(H4,22,23,24,25). The molecule has 2 rings (SSSR count). The summed E-state index contributed by atoms with van der Waals surface area (Å²) >= 11 is 0. The van der Waals surface area contributed by atoms with E-state index in [0.717, 1.165) is 6.07 Å². The van der Waals surface area contributed by atoms with Crippen LogP contribution in [0.3, 0.4) is 0 Å². The van der Waals surface area contributed by atoms with Gasteiger partial charge < -0.3 is 16.2 Å². The quantitative estimate of drug-likeness (QED) is 0.492. The summed E-state index contributed by atoms with van der Waals surface area (Å²) in [4.78, 5) is 15.2. The van der Waals surface area contributed by atoms with Crippen LogP contribution in [0.25, 0.3) is 11.1 Å². The Bertz CT molecular complexity index is 860. The summed E-state index contributed by atoms with van der Waals surface area (Å²) in [6, 6.07) is 7.73. The molecule has 0 aromatic heterocycles. The smallest absolute Gasteiger partial charge is 0.405 e. The van der Waals surface area contributed by atoms with E-state index < -0.39 is 36.2 Å². The average molecular weight is 369 g/mol. The predicted molar refractivity (Wildman–Crippen MR) is 87.8 cm³/mol. The number of carbonyl (C=O) groups excluding carboxylic acids is 1. The summed E-state index contributed by atoms with van der Waals surface area (Å²) < 4.78 is 55.5. The second-order valence-corrected chi connectivity index (χ2v) is 5.40. The van der Waals surface area contributed by atoms with E-state index in [1.165, 1.54) is 30.3 Å². The molecule has 2 aromatic rings. The summed E-state index contributed by atoms with van der Waals surface area (Å²) in [5.41, 5.74) is 11.4. The summed E-state index contributed by atoms with van der Waals surface area (Å²) in [5.74, 6) is -2.40. The van der Waals surface area contributed by atoms with Crippen LogP contribution in [0.15, 0.2) is 41.4 Å². The Labute approximate surface area is 146 Å². The highest BCUT2D eigenvalue weighted by molar-refractivity contribution is 5.93. The SMILES string of the molecule is Cc1cc(F)ccc1-c1cccc(OC(F)(F)F)c1CC(=O)N=C(N)N. The Kier molecular flexibility index (Phi) is 5.49. The van der Waals surface area contributed by atoms with Gasteiger partial charge in [-0.2, -0.15) is 4.99 Å². The number of guanidine groups is 1. The van der Waals surface area contributed by atoms with E-state index in [-0.39, 0.29) is 11.1 Å². The molecule has 0 radical (unpaired) electrons. The second-order valence-electron chi connectivity index (χ2n) is 5.40. The molecule has 0 saturated heterocycles. The molecule has 0 aliphatic heterocycles. The molecule has 0 unspecified atom stereocenters. The van der Waals surface area contributed by atoms with Gasteiger partial charge in [0.15, 0.2) is 5.96 Å². The Morgan fingerprint density at radius 1 is 1.15 bits per heavy atom. The lowest BCUT2D eigenvalue weighted by atomic mass is 9.93. The number of nitrogens with zero attached hydrogens (tertiary/aromatic N) is 1. The van der Waals surface area contributed by atoms with Crippen molar-refractivity contribution in [2.45, 2.75) is 19.7 Å². The van der Waals surface area contributed by atoms with E-state index in [4.69, 9.17) is 11.5 Å². The monoisotopic (exact) mass is 369 g/mol. The van der Waals surface area contributed by atoms with Gasteiger partial charge in [0.05, 0.1) is 6.42 Å². The second kappa shape index (κ2) is 7.42. The van der Waals surface area contributed by atoms with Crippen LogP contribution in [-0.2, 0) is 11.2 Å². The third-order valence-electron chi connectivity index (χ3n) is 3.42. The molecule has 0 spiro atoms. The van der Waals surface area contributed by atoms with Crippen molar-refractivity contribution < 1.29 is 27.1 Å². The highest BCUT2D eigenvalue weighted by Gasteiger charge is 2.33. The van der Waals surface area contributed by atoms with Gasteiger partial charge in [0.25, 0.3) is 5.91 Å². The van der Waals surface area contributed by atoms with Crippen molar-refractivity contribution in [2.24, 2.45) is 16.5 Å². The molecule has 0 heterocycles. The normalized spacial score (nSPS) is 11.1. The van der Waals surface area contributed by atoms with Crippen molar-refractivity contribution in [2.75, 3.05) is 0 Å². The third kappa shape index (κ3) is 4.95. The number of hydrogen-bond acceptors (Lipinski definition) is 2. The number of aliphatic imine (C=N–C) groups is 1. The maximum Gasteiger partial charge on any atom is 0.573 e. The molecule has 0 aliphatic carbocycles. The van der Waals surface area contributed by atoms with Crippen molar-refractivity contribution in [3.8, 4) is 16.9 Å². The zero-order chi connectivity index (χ0) is 19.5. The number of aryl methyl sites for hydroxylation is 1. The van der Waals surface area contributed by atoms with Crippen molar-refractivity contribution in [1.29, 1.82) is 0 Å². The Hall–Kier alpha value is -3.10. The lowest BCUT2D eigenvalue weighted by molar-refractivity contribution is -0.274. The lowest BCUT2D eigenvalue weighted by Crippen LogP contribution is -2.25. The molecule has 1 amide bonds. The van der Waals surface area contributed by atoms with E-state index in [0.29, 0.717) is 11.1 Å². The van der Waals surface area contributed by atoms with Crippen LogP contribution in [0.2, 0.25) is 0 Å². The molecule has 4 N–H and O–H groups in total. The average Bonchev–Trinajstić information content (AvgIpc) is 2.47. The fourth-order valence-electron chi connectivity index (χ4n) is 2.48. The van der Waals surface area contributed by atoms with Gasteiger partial charge in [-0.1, -0.05) is 18.2 Å². The number of carbonyl (C=O) groups is 1. The minimum atomic E-state index is -4.95. The number of hydrogen-bond donors (Lipinski definition) is 2. The van der Waals surface area contributed by atoms with Gasteiger partial charge in [0.1, 0.15) is 11.6 Å². The van der Waals surface area contributed by atoms with E-state index >= 15 is 0 Å². The highest BCUT2D eigenvalue weighted by atomic mass is 19.4. The van der Waals surface area contributed by atoms with Crippen molar-refractivity contribution >= 4 is 11.9 Å². The van der Waals surface area contributed by atoms with Crippen LogP contribution in [-0.4, -0.2) is 18.2 Å². The van der Waals surface area contributed by atoms with Crippen molar-refractivity contribution in [1.82, 2.24) is 0 Å². The molecule has 26 heavy (non-hydrogen) atoms. The van der Waals surface area contributed by atoms with Crippen LogP contribution in [0, 0.1) is 12.7 Å². The number of alkyl halides is 3. The minimum absolute atomic E-state index is 0.0606. The molecule has 138 valence electrons. The summed E-state index contributed by atoms with van der Waals surface area (Å²) in [6.07, 6.45) is -5.49. The summed E-state index contributed by atoms with van der Waals surface area (Å²) in [7, 11) is 0. The molecule has 0 fully saturated rings. The molecular weight excluding hydrogens is 354 g/mol. The number of rotatable bonds is 4. The lowest BCUT2D eigenvalue weighted by Gasteiger charge is -2.17. The van der Waals surface area contributed by atoms with Gasteiger partial charge in [-0.25, -0.2) is 4.39 Å². The number of nitrogens with two attached hydrogens (primary N) is 2. The van der Waals surface area contributed by atoms with Crippen molar-refractivity contribution in [3.05, 3.63) is 53.3 Å². The first-order chi connectivity index (χ1) is 12.1. The molecule has 9 heteroatoms. The number of amides is 1. The van der Waals surface area contributed by atoms with Crippen LogP contribution < -0.4 is 16.2 Å². The van der Waals surface area contributed by atoms with Gasteiger partial charge in [0.2, 0.25) is 0 Å². The summed E-state index contributed by atoms with van der Waals surface area (Å²) in [5, 5.41) is 0. The predicted octanol–water partition coefficient (Wildman–Crippen LogP) is 3.04. The first-order valence-corrected chi connectivity index (χ1v) is 7.33. The maximum absolute atomic E-state index is 13.3. The molecular formula is C17H15F4N3O2. The molecule has 5 nitrogen and oxygen atoms in total. The van der Waals surface area contributed by atoms with E-state index in [1.807, 2.05) is 0 Å². The third-order valence-corrected chi connectivity index (χ3v) is 3.42. The largest absolute Gasteiger partial charge is 0.573 e. The van der Waals surface area contributed by atoms with Crippen LogP contribution >= 0.6 is 0 Å². The topological polar surface area (TPSA) is 90.7 Å². The van der Waals surface area contributed by atoms with E-state index in [2.05, 4.69) is 9.73 Å². The fourth-order valence-corrected chi connectivity index (χ4v) is 2.48. The van der Waals surface area contributed by atoms with Crippen LogP contribution in [0.5, 0.6) is 5.75 Å². The van der Waals surface area contributed by atoms with E-state index in [9.17, 15) is 22.4 Å². The van der Waals surface area contributed by atoms with Gasteiger partial charge in [-0.3, -0.25) is 4.79 Å². The van der Waals surface area contributed by atoms with Gasteiger partial charge in [0, 0.05) is 5.56 Å². The Morgan fingerprint density at radius 3 is 2.42 bits per heavy atom. The van der Waals surface area contributed by atoms with Crippen LogP contribution in [0.1, 0.15) is 11.1 Å². The molecule has 0 aliphatic rings. The van der Waals surface area contributed by atoms with Crippen molar-refractivity contribution in [3.63, 3.8) is 0 Å². The highest BCUT2D eigenvalue weighted by Crippen LogP contribution is 2.36. The Morgan fingerprint density at radius 2 is 1.85 bits per heavy atom. The number of benzene rings is 2. The molecule has 0 saturated carbocycles. The molecule has 0 atom stereocenters. The first kappa shape index (κ1) is 19.2. The van der Waals surface area contributed by atoms with Crippen LogP contribution in [0.4, 0.5) is 17.6 Å². The van der Waals surface area contributed by atoms with E-state index in [1.54, 1.807) is 6.92 Å². The van der Waals surface area contributed by atoms with Gasteiger partial charge >= 0.3 is 6.36 Å². The Balaban J connectivity index is 2.61. The fraction of sp³-hybridized carbons (Fsp3) is 0.176. The number of ether oxygens (including phenoxy) is 1. The summed E-state index contributed by atoms with van der Waals surface area (Å²) in [6.45, 7) is 1.59. The minimum Gasteiger partial charge on any atom is -0.405 e. The zero-order valence-corrected chi connectivity index (χ0v) is 13.6. The van der Waals surface area contributed by atoms with Gasteiger partial charge in [-0.05, 0) is 41.8 Å². The molecule has 0 bridgehead atoms. The number of halogens is 4. The maximum atomic E-state index is 13.3. The molecule has 2 aromatic carbocycles. The first-order valence-electron chi connectivity index (χ1n) is 7.33. The van der Waals surface area contributed by atoms with Gasteiger partial charge in [-0.15, -0.1) is 13.2 Å².